The van der Waals surface area contributed by atoms with Crippen LogP contribution in [0.4, 0.5) is 4.39 Å². The van der Waals surface area contributed by atoms with Crippen molar-refractivity contribution in [3.05, 3.63) is 71.0 Å². The number of nitrogens with zero attached hydrogens (tertiary/aromatic N) is 2. The van der Waals surface area contributed by atoms with Crippen LogP contribution in [0.25, 0.3) is 0 Å². The highest BCUT2D eigenvalue weighted by molar-refractivity contribution is 5.82. The molecule has 0 N–H and O–H groups in total. The van der Waals surface area contributed by atoms with E-state index in [1.807, 2.05) is 0 Å². The van der Waals surface area contributed by atoms with Gasteiger partial charge < -0.3 is 0 Å². The minimum absolute atomic E-state index is 0.249. The van der Waals surface area contributed by atoms with Crippen molar-refractivity contribution in [1.29, 1.82) is 0 Å². The lowest BCUT2D eigenvalue weighted by molar-refractivity contribution is 0.628. The standard InChI is InChI=1S/C21H25FN2/c1-2-3-4-5-6-7-18-8-10-19(11-9-18)16-23-24-17-20-12-14-21(22)15-13-20/h8-17H,2-7H2,1H3. The Kier molecular flexibility index (Phi) is 7.88. The van der Waals surface area contributed by atoms with Crippen LogP contribution in [0.5, 0.6) is 0 Å². The van der Waals surface area contributed by atoms with Crippen LogP contribution in [0.1, 0.15) is 55.7 Å². The predicted molar refractivity (Wildman–Crippen MR) is 100 cm³/mol. The summed E-state index contributed by atoms with van der Waals surface area (Å²) in [5.41, 5.74) is 3.23. The Balaban J connectivity index is 1.77. The highest BCUT2D eigenvalue weighted by Crippen LogP contribution is 2.10. The van der Waals surface area contributed by atoms with Gasteiger partial charge in [0.1, 0.15) is 5.82 Å². The van der Waals surface area contributed by atoms with E-state index in [1.54, 1.807) is 24.6 Å². The molecule has 0 saturated heterocycles. The summed E-state index contributed by atoms with van der Waals surface area (Å²) < 4.78 is 12.8. The molecule has 0 fully saturated rings. The fraction of sp³-hybridized carbons (Fsp3) is 0.333. The average Bonchev–Trinajstić information content (AvgIpc) is 2.61. The van der Waals surface area contributed by atoms with E-state index in [0.717, 1.165) is 17.5 Å². The van der Waals surface area contributed by atoms with E-state index in [-0.39, 0.29) is 5.82 Å². The lowest BCUT2D eigenvalue weighted by Crippen LogP contribution is -1.88. The molecule has 0 aliphatic carbocycles. The van der Waals surface area contributed by atoms with Gasteiger partial charge in [-0.15, -0.1) is 0 Å². The van der Waals surface area contributed by atoms with Crippen LogP contribution in [0.3, 0.4) is 0 Å². The van der Waals surface area contributed by atoms with Gasteiger partial charge in [-0.1, -0.05) is 69.0 Å². The minimum atomic E-state index is -0.249. The summed E-state index contributed by atoms with van der Waals surface area (Å²) in [6.45, 7) is 2.24. The molecule has 2 nitrogen and oxygen atoms in total. The van der Waals surface area contributed by atoms with Crippen LogP contribution >= 0.6 is 0 Å². The molecule has 2 rings (SSSR count). The van der Waals surface area contributed by atoms with Gasteiger partial charge in [-0.3, -0.25) is 0 Å². The van der Waals surface area contributed by atoms with E-state index in [1.165, 1.54) is 49.8 Å². The van der Waals surface area contributed by atoms with Crippen molar-refractivity contribution in [1.82, 2.24) is 0 Å². The monoisotopic (exact) mass is 324 g/mol. The molecule has 126 valence electrons. The maximum atomic E-state index is 12.8. The van der Waals surface area contributed by atoms with Gasteiger partial charge in [-0.25, -0.2) is 4.39 Å². The second-order valence-corrected chi connectivity index (χ2v) is 5.95. The molecule has 0 spiro atoms. The van der Waals surface area contributed by atoms with Gasteiger partial charge in [-0.05, 0) is 41.7 Å². The molecule has 0 unspecified atom stereocenters. The van der Waals surface area contributed by atoms with Gasteiger partial charge in [0.25, 0.3) is 0 Å². The van der Waals surface area contributed by atoms with Crippen molar-refractivity contribution in [3.8, 4) is 0 Å². The predicted octanol–water partition coefficient (Wildman–Crippen LogP) is 5.79. The quantitative estimate of drug-likeness (QED) is 0.317. The van der Waals surface area contributed by atoms with Gasteiger partial charge in [0.15, 0.2) is 0 Å². The smallest absolute Gasteiger partial charge is 0.123 e. The zero-order valence-electron chi connectivity index (χ0n) is 14.3. The summed E-state index contributed by atoms with van der Waals surface area (Å²) >= 11 is 0. The molecule has 24 heavy (non-hydrogen) atoms. The number of halogens is 1. The van der Waals surface area contributed by atoms with Crippen molar-refractivity contribution in [2.24, 2.45) is 10.2 Å². The van der Waals surface area contributed by atoms with Crippen molar-refractivity contribution in [2.75, 3.05) is 0 Å². The lowest BCUT2D eigenvalue weighted by Gasteiger charge is -2.02. The topological polar surface area (TPSA) is 24.7 Å². The Morgan fingerprint density at radius 1 is 0.750 bits per heavy atom. The normalized spacial score (nSPS) is 11.6. The van der Waals surface area contributed by atoms with Crippen LogP contribution in [0.2, 0.25) is 0 Å². The van der Waals surface area contributed by atoms with Crippen LogP contribution in [-0.2, 0) is 6.42 Å². The van der Waals surface area contributed by atoms with E-state index in [2.05, 4.69) is 41.4 Å². The molecule has 0 amide bonds. The summed E-state index contributed by atoms with van der Waals surface area (Å²) in [6, 6.07) is 14.6. The molecule has 0 radical (unpaired) electrons. The number of hydrogen-bond acceptors (Lipinski definition) is 2. The highest BCUT2D eigenvalue weighted by Gasteiger charge is 1.94. The second-order valence-electron chi connectivity index (χ2n) is 5.95. The fourth-order valence-corrected chi connectivity index (χ4v) is 2.45. The molecule has 0 aliphatic rings. The van der Waals surface area contributed by atoms with Gasteiger partial charge in [-0.2, -0.15) is 10.2 Å². The molecule has 3 heteroatoms. The third-order valence-electron chi connectivity index (χ3n) is 3.90. The third-order valence-corrected chi connectivity index (χ3v) is 3.90. The summed E-state index contributed by atoms with van der Waals surface area (Å²) in [5.74, 6) is -0.249. The Hall–Kier alpha value is -2.29. The van der Waals surface area contributed by atoms with E-state index in [4.69, 9.17) is 0 Å². The first-order valence-corrected chi connectivity index (χ1v) is 8.69. The van der Waals surface area contributed by atoms with Crippen molar-refractivity contribution >= 4 is 12.4 Å². The summed E-state index contributed by atoms with van der Waals surface area (Å²) in [4.78, 5) is 0. The SMILES string of the molecule is CCCCCCCc1ccc(C=NN=Cc2ccc(F)cc2)cc1. The first-order chi connectivity index (χ1) is 11.8. The van der Waals surface area contributed by atoms with Crippen LogP contribution in [0, 0.1) is 5.82 Å². The Bertz CT molecular complexity index is 643. The van der Waals surface area contributed by atoms with Gasteiger partial charge in [0.2, 0.25) is 0 Å². The molecule has 0 bridgehead atoms. The van der Waals surface area contributed by atoms with Crippen molar-refractivity contribution in [3.63, 3.8) is 0 Å². The molecule has 0 aliphatic heterocycles. The first-order valence-electron chi connectivity index (χ1n) is 8.69. The number of benzene rings is 2. The molecular weight excluding hydrogens is 299 g/mol. The number of unbranched alkanes of at least 4 members (excludes halogenated alkanes) is 4. The Labute approximate surface area is 144 Å². The largest absolute Gasteiger partial charge is 0.207 e. The number of hydrogen-bond donors (Lipinski definition) is 0. The van der Waals surface area contributed by atoms with Gasteiger partial charge in [0, 0.05) is 0 Å². The summed E-state index contributed by atoms with van der Waals surface area (Å²) in [6.07, 6.45) is 11.0. The number of aryl methyl sites for hydroxylation is 1. The zero-order valence-corrected chi connectivity index (χ0v) is 14.3. The zero-order chi connectivity index (χ0) is 17.0. The first kappa shape index (κ1) is 18.1. The summed E-state index contributed by atoms with van der Waals surface area (Å²) in [7, 11) is 0. The fourth-order valence-electron chi connectivity index (χ4n) is 2.45. The maximum absolute atomic E-state index is 12.8. The molecular formula is C21H25FN2. The van der Waals surface area contributed by atoms with Crippen LogP contribution in [-0.4, -0.2) is 12.4 Å². The third kappa shape index (κ3) is 6.86. The average molecular weight is 324 g/mol. The van der Waals surface area contributed by atoms with E-state index >= 15 is 0 Å². The molecule has 0 heterocycles. The second kappa shape index (κ2) is 10.5. The van der Waals surface area contributed by atoms with Gasteiger partial charge in [0.05, 0.1) is 12.4 Å². The molecule has 0 saturated carbocycles. The van der Waals surface area contributed by atoms with E-state index in [9.17, 15) is 4.39 Å². The maximum Gasteiger partial charge on any atom is 0.123 e. The van der Waals surface area contributed by atoms with Crippen molar-refractivity contribution in [2.45, 2.75) is 45.4 Å². The molecule has 0 aromatic heterocycles. The molecule has 0 atom stereocenters. The highest BCUT2D eigenvalue weighted by atomic mass is 19.1. The lowest BCUT2D eigenvalue weighted by atomic mass is 10.0. The Morgan fingerprint density at radius 3 is 1.88 bits per heavy atom. The molecule has 2 aromatic carbocycles. The van der Waals surface area contributed by atoms with Gasteiger partial charge >= 0.3 is 0 Å². The number of rotatable bonds is 9. The molecule has 2 aromatic rings. The van der Waals surface area contributed by atoms with E-state index in [0.29, 0.717) is 0 Å². The van der Waals surface area contributed by atoms with Crippen LogP contribution in [0.15, 0.2) is 58.7 Å². The summed E-state index contributed by atoms with van der Waals surface area (Å²) in [5, 5.41) is 8.02. The minimum Gasteiger partial charge on any atom is -0.207 e. The Morgan fingerprint density at radius 2 is 1.29 bits per heavy atom. The van der Waals surface area contributed by atoms with Crippen LogP contribution < -0.4 is 0 Å². The van der Waals surface area contributed by atoms with Crippen molar-refractivity contribution < 1.29 is 4.39 Å². The van der Waals surface area contributed by atoms with E-state index < -0.39 is 0 Å².